The Hall–Kier alpha value is -0.170. The molecule has 6 heteroatoms. The van der Waals surface area contributed by atoms with Crippen LogP contribution in [0, 0.1) is 5.92 Å². The van der Waals surface area contributed by atoms with Crippen molar-refractivity contribution in [2.24, 2.45) is 5.92 Å². The van der Waals surface area contributed by atoms with Gasteiger partial charge in [0.1, 0.15) is 0 Å². The Balaban J connectivity index is 1.78. The maximum atomic E-state index is 12.2. The highest BCUT2D eigenvalue weighted by atomic mass is 32.2. The molecule has 2 rings (SSSR count). The van der Waals surface area contributed by atoms with E-state index in [2.05, 4.69) is 10.0 Å². The van der Waals surface area contributed by atoms with Crippen LogP contribution in [0.25, 0.3) is 0 Å². The summed E-state index contributed by atoms with van der Waals surface area (Å²) in [5.74, 6) is 0.879. The molecule has 0 atom stereocenters. The molecule has 0 unspecified atom stereocenters. The lowest BCUT2D eigenvalue weighted by atomic mass is 10.1. The van der Waals surface area contributed by atoms with E-state index >= 15 is 0 Å². The second-order valence-electron chi connectivity index (χ2n) is 6.88. The lowest BCUT2D eigenvalue weighted by Crippen LogP contribution is -2.53. The third-order valence-electron chi connectivity index (χ3n) is 3.62. The molecule has 5 nitrogen and oxygen atoms in total. The summed E-state index contributed by atoms with van der Waals surface area (Å²) in [5.41, 5.74) is -0.417. The molecule has 0 amide bonds. The van der Waals surface area contributed by atoms with Gasteiger partial charge >= 0.3 is 0 Å². The number of nitrogens with one attached hydrogen (secondary N) is 2. The van der Waals surface area contributed by atoms with Crippen LogP contribution in [-0.4, -0.2) is 43.9 Å². The highest BCUT2D eigenvalue weighted by Crippen LogP contribution is 2.28. The van der Waals surface area contributed by atoms with Crippen LogP contribution >= 0.6 is 0 Å². The molecule has 0 spiro atoms. The van der Waals surface area contributed by atoms with Gasteiger partial charge in [-0.1, -0.05) is 0 Å². The van der Waals surface area contributed by atoms with Crippen LogP contribution < -0.4 is 10.0 Å². The average molecular weight is 289 g/mol. The van der Waals surface area contributed by atoms with Gasteiger partial charge < -0.3 is 5.32 Å². The standard InChI is InChI=1S/C13H27N3O2S/c1-13(2,3)15-19(17,18)16-8-6-12(7-9-16)14-10-11-4-5-11/h11-12,14-15H,4-10H2,1-3H3. The molecule has 1 aliphatic carbocycles. The summed E-state index contributed by atoms with van der Waals surface area (Å²) in [6, 6.07) is 0.488. The molecule has 0 aromatic rings. The number of piperidine rings is 1. The van der Waals surface area contributed by atoms with Gasteiger partial charge in [-0.25, -0.2) is 0 Å². The summed E-state index contributed by atoms with van der Waals surface area (Å²) < 4.78 is 28.7. The highest BCUT2D eigenvalue weighted by Gasteiger charge is 2.31. The van der Waals surface area contributed by atoms with Gasteiger partial charge in [0.25, 0.3) is 10.2 Å². The number of hydrogen-bond donors (Lipinski definition) is 2. The molecule has 1 saturated carbocycles. The van der Waals surface area contributed by atoms with Crippen molar-refractivity contribution >= 4 is 10.2 Å². The van der Waals surface area contributed by atoms with Gasteiger partial charge in [0.05, 0.1) is 0 Å². The van der Waals surface area contributed by atoms with Crippen LogP contribution in [0.2, 0.25) is 0 Å². The molecule has 1 saturated heterocycles. The summed E-state index contributed by atoms with van der Waals surface area (Å²) in [5, 5.41) is 3.56. The quantitative estimate of drug-likeness (QED) is 0.796. The van der Waals surface area contributed by atoms with E-state index < -0.39 is 15.7 Å². The summed E-state index contributed by atoms with van der Waals surface area (Å²) in [7, 11) is -3.33. The first-order chi connectivity index (χ1) is 8.76. The van der Waals surface area contributed by atoms with E-state index in [4.69, 9.17) is 0 Å². The van der Waals surface area contributed by atoms with Crippen LogP contribution in [0.5, 0.6) is 0 Å². The third kappa shape index (κ3) is 5.02. The summed E-state index contributed by atoms with van der Waals surface area (Å²) in [6.07, 6.45) is 4.54. The van der Waals surface area contributed by atoms with Crippen molar-refractivity contribution in [1.29, 1.82) is 0 Å². The Bertz CT molecular complexity index is 391. The van der Waals surface area contributed by atoms with Crippen molar-refractivity contribution in [2.45, 2.75) is 58.0 Å². The third-order valence-corrected chi connectivity index (χ3v) is 5.54. The van der Waals surface area contributed by atoms with Crippen LogP contribution in [0.4, 0.5) is 0 Å². The Kier molecular flexibility index (Phi) is 4.55. The van der Waals surface area contributed by atoms with E-state index in [0.29, 0.717) is 19.1 Å². The lowest BCUT2D eigenvalue weighted by molar-refractivity contribution is 0.281. The lowest BCUT2D eigenvalue weighted by Gasteiger charge is -2.33. The van der Waals surface area contributed by atoms with Crippen molar-refractivity contribution < 1.29 is 8.42 Å². The Morgan fingerprint density at radius 2 is 1.68 bits per heavy atom. The van der Waals surface area contributed by atoms with E-state index in [-0.39, 0.29) is 0 Å². The molecular formula is C13H27N3O2S. The van der Waals surface area contributed by atoms with Crippen molar-refractivity contribution in [1.82, 2.24) is 14.3 Å². The van der Waals surface area contributed by atoms with Crippen molar-refractivity contribution in [3.05, 3.63) is 0 Å². The summed E-state index contributed by atoms with van der Waals surface area (Å²) in [6.45, 7) is 7.95. The van der Waals surface area contributed by atoms with Crippen LogP contribution in [0.1, 0.15) is 46.5 Å². The van der Waals surface area contributed by atoms with E-state index in [1.165, 1.54) is 12.8 Å². The van der Waals surface area contributed by atoms with Crippen LogP contribution in [-0.2, 0) is 10.2 Å². The predicted molar refractivity (Wildman–Crippen MR) is 77.1 cm³/mol. The second kappa shape index (κ2) is 5.68. The monoisotopic (exact) mass is 289 g/mol. The molecule has 19 heavy (non-hydrogen) atoms. The van der Waals surface area contributed by atoms with Crippen molar-refractivity contribution in [3.63, 3.8) is 0 Å². The Morgan fingerprint density at radius 3 is 2.16 bits per heavy atom. The smallest absolute Gasteiger partial charge is 0.279 e. The zero-order chi connectivity index (χ0) is 14.1. The Morgan fingerprint density at radius 1 is 1.11 bits per heavy atom. The maximum Gasteiger partial charge on any atom is 0.279 e. The molecular weight excluding hydrogens is 262 g/mol. The molecule has 0 aromatic carbocycles. The van der Waals surface area contributed by atoms with Gasteiger partial charge in [-0.15, -0.1) is 0 Å². The van der Waals surface area contributed by atoms with E-state index in [1.807, 2.05) is 20.8 Å². The molecule has 2 fully saturated rings. The molecule has 112 valence electrons. The zero-order valence-electron chi connectivity index (χ0n) is 12.3. The molecule has 0 bridgehead atoms. The fraction of sp³-hybridized carbons (Fsp3) is 1.00. The Labute approximate surface area is 117 Å². The molecule has 0 aromatic heterocycles. The van der Waals surface area contributed by atoms with Gasteiger partial charge in [-0.05, 0) is 58.9 Å². The average Bonchev–Trinajstić information content (AvgIpc) is 3.07. The topological polar surface area (TPSA) is 61.4 Å². The van der Waals surface area contributed by atoms with E-state index in [0.717, 1.165) is 25.3 Å². The van der Waals surface area contributed by atoms with Gasteiger partial charge in [-0.3, -0.25) is 0 Å². The van der Waals surface area contributed by atoms with Crippen LogP contribution in [0.15, 0.2) is 0 Å². The molecule has 0 radical (unpaired) electrons. The largest absolute Gasteiger partial charge is 0.314 e. The summed E-state index contributed by atoms with van der Waals surface area (Å²) in [4.78, 5) is 0. The minimum Gasteiger partial charge on any atom is -0.314 e. The predicted octanol–water partition coefficient (Wildman–Crippen LogP) is 1.08. The first-order valence-corrected chi connectivity index (χ1v) is 8.73. The van der Waals surface area contributed by atoms with Crippen molar-refractivity contribution in [3.8, 4) is 0 Å². The van der Waals surface area contributed by atoms with Gasteiger partial charge in [0.15, 0.2) is 0 Å². The molecule has 2 aliphatic rings. The SMILES string of the molecule is CC(C)(C)NS(=O)(=O)N1CCC(NCC2CC2)CC1. The molecule has 1 heterocycles. The fourth-order valence-corrected chi connectivity index (χ4v) is 4.00. The van der Waals surface area contributed by atoms with Gasteiger partial charge in [0, 0.05) is 24.7 Å². The maximum absolute atomic E-state index is 12.2. The molecule has 1 aliphatic heterocycles. The highest BCUT2D eigenvalue weighted by molar-refractivity contribution is 7.87. The van der Waals surface area contributed by atoms with Crippen LogP contribution in [0.3, 0.4) is 0 Å². The van der Waals surface area contributed by atoms with Gasteiger partial charge in [-0.2, -0.15) is 17.4 Å². The number of nitrogens with zero attached hydrogens (tertiary/aromatic N) is 1. The zero-order valence-corrected chi connectivity index (χ0v) is 13.1. The molecule has 2 N–H and O–H groups in total. The normalized spacial score (nSPS) is 23.7. The summed E-state index contributed by atoms with van der Waals surface area (Å²) >= 11 is 0. The number of rotatable bonds is 5. The number of hydrogen-bond acceptors (Lipinski definition) is 3. The minimum absolute atomic E-state index is 0.417. The van der Waals surface area contributed by atoms with Crippen molar-refractivity contribution in [2.75, 3.05) is 19.6 Å². The van der Waals surface area contributed by atoms with E-state index in [9.17, 15) is 8.42 Å². The minimum atomic E-state index is -3.33. The first kappa shape index (κ1) is 15.2. The second-order valence-corrected chi connectivity index (χ2v) is 8.55. The fourth-order valence-electron chi connectivity index (χ4n) is 2.41. The van der Waals surface area contributed by atoms with Gasteiger partial charge in [0.2, 0.25) is 0 Å². The van der Waals surface area contributed by atoms with E-state index in [1.54, 1.807) is 4.31 Å². The first-order valence-electron chi connectivity index (χ1n) is 7.29.